The van der Waals surface area contributed by atoms with Crippen molar-refractivity contribution < 1.29 is 32.2 Å². The van der Waals surface area contributed by atoms with Gasteiger partial charge in [0.15, 0.2) is 0 Å². The van der Waals surface area contributed by atoms with Crippen LogP contribution in [-0.4, -0.2) is 66.3 Å². The molecule has 0 bridgehead atoms. The number of rotatable bonds is 12. The summed E-state index contributed by atoms with van der Waals surface area (Å²) >= 11 is 6.65. The number of aromatic nitrogens is 1. The van der Waals surface area contributed by atoms with Gasteiger partial charge in [0, 0.05) is 18.7 Å². The van der Waals surface area contributed by atoms with Crippen LogP contribution in [0.1, 0.15) is 42.5 Å². The molecule has 1 aliphatic carbocycles. The van der Waals surface area contributed by atoms with Crippen LogP contribution < -0.4 is 10.1 Å². The number of benzene rings is 1. The van der Waals surface area contributed by atoms with Crippen molar-refractivity contribution in [3.8, 4) is 5.88 Å². The number of halogens is 5. The van der Waals surface area contributed by atoms with Gasteiger partial charge in [0.2, 0.25) is 5.88 Å². The molecule has 0 spiro atoms. The minimum atomic E-state index is -2.81. The Balaban J connectivity index is 1.76. The lowest BCUT2D eigenvalue weighted by Crippen LogP contribution is -2.49. The molecular weight excluding hydrogens is 526 g/mol. The second-order valence-corrected chi connectivity index (χ2v) is 9.94. The van der Waals surface area contributed by atoms with E-state index in [9.17, 15) is 23.1 Å². The van der Waals surface area contributed by atoms with Gasteiger partial charge in [-0.15, -0.1) is 0 Å². The summed E-state index contributed by atoms with van der Waals surface area (Å²) in [6.07, 6.45) is -1.10. The van der Waals surface area contributed by atoms with Crippen molar-refractivity contribution in [2.24, 2.45) is 5.92 Å². The number of hydrogen-bond acceptors (Lipinski definition) is 5. The molecule has 11 heteroatoms. The minimum Gasteiger partial charge on any atom is -0.481 e. The Morgan fingerprint density at radius 1 is 1.32 bits per heavy atom. The summed E-state index contributed by atoms with van der Waals surface area (Å²) in [5.41, 5.74) is 3.13. The number of alkyl halides is 3. The zero-order valence-corrected chi connectivity index (χ0v) is 21.7. The van der Waals surface area contributed by atoms with Gasteiger partial charge in [0.25, 0.3) is 6.43 Å². The highest BCUT2D eigenvalue weighted by atomic mass is 35.5. The second-order valence-electron chi connectivity index (χ2n) is 9.56. The number of carbonyl (C=O) groups is 1. The van der Waals surface area contributed by atoms with Crippen molar-refractivity contribution in [2.75, 3.05) is 32.9 Å². The predicted octanol–water partition coefficient (Wildman–Crippen LogP) is 5.31. The summed E-state index contributed by atoms with van der Waals surface area (Å²) in [5.74, 6) is -2.98. The Bertz CT molecular complexity index is 1200. The van der Waals surface area contributed by atoms with Gasteiger partial charge in [-0.2, -0.15) is 0 Å². The van der Waals surface area contributed by atoms with E-state index in [2.05, 4.69) is 10.3 Å². The lowest BCUT2D eigenvalue weighted by molar-refractivity contribution is -0.142. The molecule has 2 aromatic rings. The standard InChI is InChI=1S/C27H30ClF4N3O3/c1-15(27(36)37)14-35-21(25(31)32)12-18-17-6-3-2-5-16(17)11-19(18)24(35)22-20(30)13-34-26(23(22)28)38-10-9-33-8-4-7-29/h2-3,5-6,13,15,21,24-25,33H,4,7-12,14H2,1H3,(H,36,37)/t15-,21-,24-/m0/s1. The normalized spacial score (nSPS) is 20.0. The lowest BCUT2D eigenvalue weighted by Gasteiger charge is -2.44. The number of ether oxygens (including phenoxy) is 1. The van der Waals surface area contributed by atoms with Gasteiger partial charge in [-0.3, -0.25) is 14.1 Å². The first-order valence-electron chi connectivity index (χ1n) is 12.5. The number of nitrogens with zero attached hydrogens (tertiary/aromatic N) is 2. The molecule has 4 rings (SSSR count). The summed E-state index contributed by atoms with van der Waals surface area (Å²) in [6, 6.07) is 5.07. The van der Waals surface area contributed by atoms with Crippen LogP contribution in [0, 0.1) is 11.7 Å². The molecule has 3 atom stereocenters. The predicted molar refractivity (Wildman–Crippen MR) is 136 cm³/mol. The van der Waals surface area contributed by atoms with Crippen molar-refractivity contribution in [1.82, 2.24) is 15.2 Å². The molecule has 0 unspecified atom stereocenters. The number of hydrogen-bond donors (Lipinski definition) is 2. The van der Waals surface area contributed by atoms with Crippen LogP contribution in [0.15, 0.2) is 36.0 Å². The zero-order chi connectivity index (χ0) is 27.4. The summed E-state index contributed by atoms with van der Waals surface area (Å²) in [7, 11) is 0. The van der Waals surface area contributed by atoms with E-state index in [-0.39, 0.29) is 36.0 Å². The smallest absolute Gasteiger partial charge is 0.307 e. The van der Waals surface area contributed by atoms with E-state index in [1.54, 1.807) is 0 Å². The molecule has 2 aliphatic rings. The fourth-order valence-electron chi connectivity index (χ4n) is 5.23. The molecule has 0 radical (unpaired) electrons. The lowest BCUT2D eigenvalue weighted by atomic mass is 9.84. The van der Waals surface area contributed by atoms with Crippen molar-refractivity contribution in [2.45, 2.75) is 44.7 Å². The molecule has 0 fully saturated rings. The van der Waals surface area contributed by atoms with E-state index in [1.807, 2.05) is 24.3 Å². The summed E-state index contributed by atoms with van der Waals surface area (Å²) < 4.78 is 62.5. The largest absolute Gasteiger partial charge is 0.481 e. The Morgan fingerprint density at radius 2 is 2.08 bits per heavy atom. The van der Waals surface area contributed by atoms with Crippen LogP contribution in [0.25, 0.3) is 5.57 Å². The quantitative estimate of drug-likeness (QED) is 0.273. The van der Waals surface area contributed by atoms with Crippen LogP contribution in [0.2, 0.25) is 5.02 Å². The van der Waals surface area contributed by atoms with E-state index in [0.717, 1.165) is 17.3 Å². The fraction of sp³-hybridized carbons (Fsp3) is 0.481. The average Bonchev–Trinajstić information content (AvgIpc) is 3.26. The number of carboxylic acids is 1. The maximum absolute atomic E-state index is 15.5. The van der Waals surface area contributed by atoms with Crippen LogP contribution >= 0.6 is 11.6 Å². The third kappa shape index (κ3) is 5.82. The molecule has 206 valence electrons. The Kier molecular flexibility index (Phi) is 9.27. The van der Waals surface area contributed by atoms with Crippen LogP contribution in [0.5, 0.6) is 5.88 Å². The number of aliphatic carboxylic acids is 1. The summed E-state index contributed by atoms with van der Waals surface area (Å²) in [5, 5.41) is 12.4. The SMILES string of the molecule is C[C@@H](CN1[C@H](c2c(F)cnc(OCCNCCCF)c2Cl)C2=C(C[C@H]1C(F)F)c1ccccc1C2)C(=O)O. The van der Waals surface area contributed by atoms with E-state index >= 15 is 4.39 Å². The van der Waals surface area contributed by atoms with E-state index < -0.39 is 42.9 Å². The Labute approximate surface area is 223 Å². The highest BCUT2D eigenvalue weighted by molar-refractivity contribution is 6.32. The molecule has 0 amide bonds. The Hall–Kier alpha value is -2.69. The molecule has 0 saturated carbocycles. The molecule has 6 nitrogen and oxygen atoms in total. The highest BCUT2D eigenvalue weighted by Gasteiger charge is 2.46. The first-order chi connectivity index (χ1) is 18.2. The topological polar surface area (TPSA) is 74.7 Å². The number of nitrogens with one attached hydrogen (secondary N) is 1. The molecule has 2 heterocycles. The van der Waals surface area contributed by atoms with Crippen LogP contribution in [-0.2, 0) is 11.2 Å². The highest BCUT2D eigenvalue weighted by Crippen LogP contribution is 2.52. The van der Waals surface area contributed by atoms with Gasteiger partial charge >= 0.3 is 5.97 Å². The van der Waals surface area contributed by atoms with Crippen molar-refractivity contribution in [3.63, 3.8) is 0 Å². The van der Waals surface area contributed by atoms with Gasteiger partial charge in [0.1, 0.15) is 17.4 Å². The third-order valence-corrected chi connectivity index (χ3v) is 7.43. The van der Waals surface area contributed by atoms with Crippen LogP contribution in [0.4, 0.5) is 17.6 Å². The molecule has 1 aliphatic heterocycles. The van der Waals surface area contributed by atoms with E-state index in [0.29, 0.717) is 37.1 Å². The molecule has 1 aromatic carbocycles. The molecule has 2 N–H and O–H groups in total. The Morgan fingerprint density at radius 3 is 2.79 bits per heavy atom. The van der Waals surface area contributed by atoms with E-state index in [4.69, 9.17) is 16.3 Å². The van der Waals surface area contributed by atoms with Crippen molar-refractivity contribution >= 4 is 23.1 Å². The number of pyridine rings is 1. The fourth-order valence-corrected chi connectivity index (χ4v) is 5.53. The minimum absolute atomic E-state index is 0.00504. The van der Waals surface area contributed by atoms with E-state index in [1.165, 1.54) is 11.8 Å². The van der Waals surface area contributed by atoms with Gasteiger partial charge in [-0.25, -0.2) is 18.2 Å². The number of carboxylic acid groups (broad SMARTS) is 1. The van der Waals surface area contributed by atoms with Crippen molar-refractivity contribution in [1.29, 1.82) is 0 Å². The molecular formula is C27H30ClF4N3O3. The number of fused-ring (bicyclic) bond motifs is 2. The third-order valence-electron chi connectivity index (χ3n) is 7.06. The maximum atomic E-state index is 15.5. The average molecular weight is 556 g/mol. The van der Waals surface area contributed by atoms with Crippen LogP contribution in [0.3, 0.4) is 0 Å². The van der Waals surface area contributed by atoms with Gasteiger partial charge in [-0.1, -0.05) is 42.8 Å². The van der Waals surface area contributed by atoms with Gasteiger partial charge in [-0.05, 0) is 48.1 Å². The molecule has 0 saturated heterocycles. The summed E-state index contributed by atoms with van der Waals surface area (Å²) in [4.78, 5) is 17.1. The maximum Gasteiger partial charge on any atom is 0.307 e. The van der Waals surface area contributed by atoms with Gasteiger partial charge in [0.05, 0.1) is 30.9 Å². The second kappa shape index (κ2) is 12.4. The first-order valence-corrected chi connectivity index (χ1v) is 12.9. The summed E-state index contributed by atoms with van der Waals surface area (Å²) in [6.45, 7) is 1.71. The van der Waals surface area contributed by atoms with Gasteiger partial charge < -0.3 is 15.2 Å². The van der Waals surface area contributed by atoms with Crippen molar-refractivity contribution in [3.05, 3.63) is 63.6 Å². The zero-order valence-electron chi connectivity index (χ0n) is 20.9. The molecule has 1 aromatic heterocycles. The first kappa shape index (κ1) is 28.3. The monoisotopic (exact) mass is 555 g/mol. The molecule has 38 heavy (non-hydrogen) atoms.